The van der Waals surface area contributed by atoms with Crippen molar-refractivity contribution in [3.63, 3.8) is 0 Å². The fourth-order valence-corrected chi connectivity index (χ4v) is 2.46. The number of nitrogens with zero attached hydrogens (tertiary/aromatic N) is 1. The number of halogens is 3. The van der Waals surface area contributed by atoms with E-state index < -0.39 is 28.8 Å². The fraction of sp³-hybridized carbons (Fsp3) is 0.500. The van der Waals surface area contributed by atoms with Crippen molar-refractivity contribution in [1.29, 1.82) is 0 Å². The molecule has 2 rings (SSSR count). The van der Waals surface area contributed by atoms with E-state index in [0.29, 0.717) is 25.4 Å². The van der Waals surface area contributed by atoms with E-state index >= 15 is 0 Å². The van der Waals surface area contributed by atoms with Crippen molar-refractivity contribution in [3.8, 4) is 0 Å². The Morgan fingerprint density at radius 2 is 2.05 bits per heavy atom. The molecule has 1 heterocycles. The third-order valence-electron chi connectivity index (χ3n) is 3.50. The standard InChI is InChI=1S/C14H16F3NO3/c1-13(2)8-21-6-5-18(13)9-3-4-11(14(15,16)17)10(7-9)12(19)20/h3-4,7H,5-6,8H2,1-2H3,(H,19,20). The topological polar surface area (TPSA) is 49.8 Å². The highest BCUT2D eigenvalue weighted by Gasteiger charge is 2.37. The van der Waals surface area contributed by atoms with Crippen molar-refractivity contribution in [3.05, 3.63) is 29.3 Å². The zero-order chi connectivity index (χ0) is 15.8. The molecule has 116 valence electrons. The second-order valence-electron chi connectivity index (χ2n) is 5.55. The maximum atomic E-state index is 12.8. The molecular weight excluding hydrogens is 287 g/mol. The van der Waals surface area contributed by atoms with Crippen LogP contribution in [0.5, 0.6) is 0 Å². The highest BCUT2D eigenvalue weighted by atomic mass is 19.4. The molecular formula is C14H16F3NO3. The number of rotatable bonds is 2. The van der Waals surface area contributed by atoms with Crippen LogP contribution in [0.15, 0.2) is 18.2 Å². The predicted molar refractivity (Wildman–Crippen MR) is 70.6 cm³/mol. The van der Waals surface area contributed by atoms with Crippen molar-refractivity contribution < 1.29 is 27.8 Å². The molecule has 0 aromatic heterocycles. The minimum atomic E-state index is -4.69. The molecule has 1 saturated heterocycles. The summed E-state index contributed by atoms with van der Waals surface area (Å²) < 4.78 is 43.9. The van der Waals surface area contributed by atoms with Gasteiger partial charge in [-0.25, -0.2) is 4.79 Å². The first-order chi connectivity index (χ1) is 9.63. The molecule has 4 nitrogen and oxygen atoms in total. The van der Waals surface area contributed by atoms with Gasteiger partial charge in [0.25, 0.3) is 0 Å². The van der Waals surface area contributed by atoms with Gasteiger partial charge in [0.05, 0.1) is 29.9 Å². The van der Waals surface area contributed by atoms with Crippen molar-refractivity contribution >= 4 is 11.7 Å². The van der Waals surface area contributed by atoms with E-state index in [1.807, 2.05) is 18.7 Å². The highest BCUT2D eigenvalue weighted by Crippen LogP contribution is 2.35. The number of carbonyl (C=O) groups is 1. The van der Waals surface area contributed by atoms with E-state index in [0.717, 1.165) is 12.1 Å². The number of aromatic carboxylic acids is 1. The number of ether oxygens (including phenoxy) is 1. The molecule has 21 heavy (non-hydrogen) atoms. The molecule has 1 N–H and O–H groups in total. The Morgan fingerprint density at radius 1 is 1.38 bits per heavy atom. The third-order valence-corrected chi connectivity index (χ3v) is 3.50. The van der Waals surface area contributed by atoms with E-state index in [2.05, 4.69) is 0 Å². The summed E-state index contributed by atoms with van der Waals surface area (Å²) in [6.07, 6.45) is -4.69. The van der Waals surface area contributed by atoms with Crippen LogP contribution in [0.2, 0.25) is 0 Å². The quantitative estimate of drug-likeness (QED) is 0.912. The average Bonchev–Trinajstić information content (AvgIpc) is 2.36. The fourth-order valence-electron chi connectivity index (χ4n) is 2.46. The first kappa shape index (κ1) is 15.6. The zero-order valence-corrected chi connectivity index (χ0v) is 11.7. The van der Waals surface area contributed by atoms with Gasteiger partial charge in [0.2, 0.25) is 0 Å². The molecule has 1 aromatic carbocycles. The van der Waals surface area contributed by atoms with E-state index in [9.17, 15) is 18.0 Å². The summed E-state index contributed by atoms with van der Waals surface area (Å²) in [5, 5.41) is 9.04. The number of carboxylic acid groups (broad SMARTS) is 1. The third kappa shape index (κ3) is 3.12. The van der Waals surface area contributed by atoms with E-state index in [4.69, 9.17) is 9.84 Å². The zero-order valence-electron chi connectivity index (χ0n) is 11.7. The summed E-state index contributed by atoms with van der Waals surface area (Å²) in [6.45, 7) is 5.16. The van der Waals surface area contributed by atoms with Crippen LogP contribution in [-0.2, 0) is 10.9 Å². The maximum Gasteiger partial charge on any atom is 0.417 e. The van der Waals surface area contributed by atoms with Crippen LogP contribution in [0, 0.1) is 0 Å². The predicted octanol–water partition coefficient (Wildman–Crippen LogP) is 3.02. The number of morpholine rings is 1. The molecule has 1 aromatic rings. The maximum absolute atomic E-state index is 12.8. The number of alkyl halides is 3. The summed E-state index contributed by atoms with van der Waals surface area (Å²) in [5.74, 6) is -1.59. The lowest BCUT2D eigenvalue weighted by molar-refractivity contribution is -0.138. The lowest BCUT2D eigenvalue weighted by atomic mass is 9.99. The smallest absolute Gasteiger partial charge is 0.417 e. The van der Waals surface area contributed by atoms with Crippen molar-refractivity contribution in [2.24, 2.45) is 0 Å². The lowest BCUT2D eigenvalue weighted by Gasteiger charge is -2.44. The van der Waals surface area contributed by atoms with Crippen molar-refractivity contribution in [2.75, 3.05) is 24.7 Å². The summed E-state index contributed by atoms with van der Waals surface area (Å²) in [7, 11) is 0. The second kappa shape index (κ2) is 5.22. The molecule has 1 fully saturated rings. The van der Waals surface area contributed by atoms with Crippen LogP contribution >= 0.6 is 0 Å². The molecule has 0 atom stereocenters. The number of benzene rings is 1. The molecule has 7 heteroatoms. The molecule has 0 amide bonds. The van der Waals surface area contributed by atoms with Crippen LogP contribution in [0.3, 0.4) is 0 Å². The van der Waals surface area contributed by atoms with Crippen molar-refractivity contribution in [2.45, 2.75) is 25.6 Å². The Hall–Kier alpha value is -1.76. The summed E-state index contributed by atoms with van der Waals surface area (Å²) >= 11 is 0. The second-order valence-corrected chi connectivity index (χ2v) is 5.55. The van der Waals surface area contributed by atoms with E-state index in [-0.39, 0.29) is 0 Å². The number of hydrogen-bond acceptors (Lipinski definition) is 3. The van der Waals surface area contributed by atoms with Gasteiger partial charge in [-0.15, -0.1) is 0 Å². The van der Waals surface area contributed by atoms with Crippen LogP contribution in [0.25, 0.3) is 0 Å². The van der Waals surface area contributed by atoms with Gasteiger partial charge in [0.1, 0.15) is 0 Å². The Bertz CT molecular complexity index is 555. The average molecular weight is 303 g/mol. The molecule has 0 unspecified atom stereocenters. The Kier molecular flexibility index (Phi) is 3.88. The van der Waals surface area contributed by atoms with Gasteiger partial charge in [0, 0.05) is 12.2 Å². The number of anilines is 1. The van der Waals surface area contributed by atoms with Gasteiger partial charge in [0.15, 0.2) is 0 Å². The number of carboxylic acids is 1. The van der Waals surface area contributed by atoms with Gasteiger partial charge in [-0.1, -0.05) is 0 Å². The van der Waals surface area contributed by atoms with Crippen molar-refractivity contribution in [1.82, 2.24) is 0 Å². The monoisotopic (exact) mass is 303 g/mol. The van der Waals surface area contributed by atoms with E-state index in [1.165, 1.54) is 6.07 Å². The summed E-state index contributed by atoms with van der Waals surface area (Å²) in [6, 6.07) is 3.21. The van der Waals surface area contributed by atoms with Crippen LogP contribution in [0.1, 0.15) is 29.8 Å². The van der Waals surface area contributed by atoms with Gasteiger partial charge in [-0.2, -0.15) is 13.2 Å². The van der Waals surface area contributed by atoms with Gasteiger partial charge < -0.3 is 14.7 Å². The molecule has 0 saturated carbocycles. The van der Waals surface area contributed by atoms with E-state index in [1.54, 1.807) is 0 Å². The largest absolute Gasteiger partial charge is 0.478 e. The lowest BCUT2D eigenvalue weighted by Crippen LogP contribution is -2.53. The summed E-state index contributed by atoms with van der Waals surface area (Å²) in [4.78, 5) is 13.0. The SMILES string of the molecule is CC1(C)COCCN1c1ccc(C(F)(F)F)c(C(=O)O)c1. The van der Waals surface area contributed by atoms with Crippen LogP contribution in [-0.4, -0.2) is 36.4 Å². The highest BCUT2D eigenvalue weighted by molar-refractivity contribution is 5.91. The molecule has 1 aliphatic rings. The molecule has 0 bridgehead atoms. The minimum Gasteiger partial charge on any atom is -0.478 e. The van der Waals surface area contributed by atoms with Crippen LogP contribution < -0.4 is 4.90 Å². The molecule has 0 aliphatic carbocycles. The first-order valence-electron chi connectivity index (χ1n) is 6.43. The van der Waals surface area contributed by atoms with Gasteiger partial charge >= 0.3 is 12.1 Å². The normalized spacial score (nSPS) is 18.6. The Balaban J connectivity index is 2.47. The Labute approximate surface area is 120 Å². The molecule has 0 radical (unpaired) electrons. The molecule has 1 aliphatic heterocycles. The van der Waals surface area contributed by atoms with Gasteiger partial charge in [-0.05, 0) is 32.0 Å². The van der Waals surface area contributed by atoms with Gasteiger partial charge in [-0.3, -0.25) is 0 Å². The minimum absolute atomic E-state index is 0.409. The summed E-state index contributed by atoms with van der Waals surface area (Å²) in [5.41, 5.74) is -1.82. The first-order valence-corrected chi connectivity index (χ1v) is 6.43. The number of hydrogen-bond donors (Lipinski definition) is 1. The van der Waals surface area contributed by atoms with Crippen LogP contribution in [0.4, 0.5) is 18.9 Å². The Morgan fingerprint density at radius 3 is 2.57 bits per heavy atom. The molecule has 0 spiro atoms.